The van der Waals surface area contributed by atoms with Gasteiger partial charge >= 0.3 is 0 Å². The molecule has 0 radical (unpaired) electrons. The van der Waals surface area contributed by atoms with Crippen molar-refractivity contribution in [3.05, 3.63) is 101 Å². The molecule has 7 heteroatoms. The number of benzene rings is 2. The lowest BCUT2D eigenvalue weighted by Gasteiger charge is -2.12. The van der Waals surface area contributed by atoms with E-state index in [1.807, 2.05) is 45.9 Å². The van der Waals surface area contributed by atoms with Crippen LogP contribution in [0.2, 0.25) is 0 Å². The van der Waals surface area contributed by atoms with Crippen molar-refractivity contribution in [1.29, 1.82) is 0 Å². The van der Waals surface area contributed by atoms with Gasteiger partial charge in [0.1, 0.15) is 0 Å². The number of thiophene rings is 1. The molecular formula is C26H26N4O2S. The fourth-order valence-corrected chi connectivity index (χ4v) is 4.19. The first kappa shape index (κ1) is 22.5. The summed E-state index contributed by atoms with van der Waals surface area (Å²) in [6.07, 6.45) is 4.69. The maximum Gasteiger partial charge on any atom is 0.252 e. The number of hydrogen-bond donors (Lipinski definition) is 2. The molecule has 6 nitrogen and oxygen atoms in total. The van der Waals surface area contributed by atoms with Gasteiger partial charge in [-0.2, -0.15) is 16.4 Å². The molecule has 0 saturated heterocycles. The lowest BCUT2D eigenvalue weighted by molar-refractivity contribution is -0.121. The van der Waals surface area contributed by atoms with Crippen LogP contribution in [0.1, 0.15) is 34.3 Å². The van der Waals surface area contributed by atoms with Gasteiger partial charge in [-0.1, -0.05) is 48.5 Å². The van der Waals surface area contributed by atoms with E-state index < -0.39 is 0 Å². The Balaban J connectivity index is 1.27. The van der Waals surface area contributed by atoms with E-state index in [1.54, 1.807) is 12.3 Å². The van der Waals surface area contributed by atoms with Crippen LogP contribution in [0.15, 0.2) is 83.8 Å². The quantitative estimate of drug-likeness (QED) is 0.344. The van der Waals surface area contributed by atoms with Crippen LogP contribution < -0.4 is 10.6 Å². The fourth-order valence-electron chi connectivity index (χ4n) is 3.56. The van der Waals surface area contributed by atoms with Crippen LogP contribution in [0.3, 0.4) is 0 Å². The summed E-state index contributed by atoms with van der Waals surface area (Å²) in [6.45, 7) is 1.67. The lowest BCUT2D eigenvalue weighted by Crippen LogP contribution is -2.27. The van der Waals surface area contributed by atoms with Crippen LogP contribution in [0.25, 0.3) is 11.1 Å². The first-order valence-electron chi connectivity index (χ1n) is 10.9. The molecule has 0 aliphatic carbocycles. The summed E-state index contributed by atoms with van der Waals surface area (Å²) in [5.41, 5.74) is 5.12. The molecule has 168 valence electrons. The number of amides is 2. The van der Waals surface area contributed by atoms with Crippen molar-refractivity contribution in [2.24, 2.45) is 0 Å². The van der Waals surface area contributed by atoms with Gasteiger partial charge in [-0.3, -0.25) is 14.3 Å². The summed E-state index contributed by atoms with van der Waals surface area (Å²) in [7, 11) is 0. The highest BCUT2D eigenvalue weighted by Gasteiger charge is 2.08. The third-order valence-electron chi connectivity index (χ3n) is 5.31. The van der Waals surface area contributed by atoms with Gasteiger partial charge in [0.2, 0.25) is 5.91 Å². The van der Waals surface area contributed by atoms with Crippen molar-refractivity contribution >= 4 is 23.2 Å². The minimum absolute atomic E-state index is 0.0239. The topological polar surface area (TPSA) is 76.0 Å². The molecule has 0 saturated carbocycles. The summed E-state index contributed by atoms with van der Waals surface area (Å²) in [5.74, 6) is -0.120. The first-order chi connectivity index (χ1) is 16.2. The zero-order valence-electron chi connectivity index (χ0n) is 18.2. The van der Waals surface area contributed by atoms with E-state index >= 15 is 0 Å². The van der Waals surface area contributed by atoms with Gasteiger partial charge in [0.25, 0.3) is 5.91 Å². The Morgan fingerprint density at radius 2 is 1.82 bits per heavy atom. The fraction of sp³-hybridized carbons (Fsp3) is 0.192. The zero-order chi connectivity index (χ0) is 22.9. The summed E-state index contributed by atoms with van der Waals surface area (Å²) < 4.78 is 1.89. The van der Waals surface area contributed by atoms with E-state index in [9.17, 15) is 9.59 Å². The predicted molar refractivity (Wildman–Crippen MR) is 131 cm³/mol. The highest BCUT2D eigenvalue weighted by molar-refractivity contribution is 7.08. The highest BCUT2D eigenvalue weighted by Crippen LogP contribution is 2.24. The van der Waals surface area contributed by atoms with Crippen molar-refractivity contribution in [1.82, 2.24) is 20.4 Å². The lowest BCUT2D eigenvalue weighted by atomic mass is 9.98. The van der Waals surface area contributed by atoms with E-state index in [-0.39, 0.29) is 11.8 Å². The molecule has 33 heavy (non-hydrogen) atoms. The van der Waals surface area contributed by atoms with E-state index in [0.717, 1.165) is 23.2 Å². The maximum absolute atomic E-state index is 12.3. The Morgan fingerprint density at radius 1 is 0.970 bits per heavy atom. The van der Waals surface area contributed by atoms with Crippen molar-refractivity contribution < 1.29 is 9.59 Å². The molecule has 2 amide bonds. The van der Waals surface area contributed by atoms with Crippen LogP contribution in [0, 0.1) is 0 Å². The highest BCUT2D eigenvalue weighted by atomic mass is 32.1. The van der Waals surface area contributed by atoms with Crippen molar-refractivity contribution in [2.75, 3.05) is 6.54 Å². The van der Waals surface area contributed by atoms with E-state index in [2.05, 4.69) is 46.1 Å². The van der Waals surface area contributed by atoms with Gasteiger partial charge in [0.15, 0.2) is 0 Å². The second kappa shape index (κ2) is 11.2. The molecular weight excluding hydrogens is 432 g/mol. The average molecular weight is 459 g/mol. The average Bonchev–Trinajstić information content (AvgIpc) is 3.56. The van der Waals surface area contributed by atoms with Crippen molar-refractivity contribution in [3.8, 4) is 11.1 Å². The predicted octanol–water partition coefficient (Wildman–Crippen LogP) is 4.49. The summed E-state index contributed by atoms with van der Waals surface area (Å²) in [6, 6.07) is 20.2. The molecule has 4 aromatic rings. The molecule has 0 bridgehead atoms. The number of carbonyl (C=O) groups excluding carboxylic acids is 2. The summed E-state index contributed by atoms with van der Waals surface area (Å²) in [5, 5.41) is 13.8. The van der Waals surface area contributed by atoms with E-state index in [1.165, 1.54) is 16.9 Å². The molecule has 2 heterocycles. The van der Waals surface area contributed by atoms with Gasteiger partial charge in [-0.25, -0.2) is 0 Å². The Morgan fingerprint density at radius 3 is 2.58 bits per heavy atom. The zero-order valence-corrected chi connectivity index (χ0v) is 19.1. The molecule has 4 rings (SSSR count). The standard InChI is InChI=1S/C26H26N4O2S/c31-25(7-3-13-27-26(32)23-12-16-33-19-23)28-17-22-5-1-2-6-24(22)21-10-8-20(9-11-21)18-30-15-4-14-29-30/h1-2,4-6,8-12,14-16,19H,3,7,13,17-18H2,(H,27,32)(H,28,31). The van der Waals surface area contributed by atoms with Gasteiger partial charge in [-0.15, -0.1) is 0 Å². The first-order valence-corrected chi connectivity index (χ1v) is 11.8. The molecule has 2 N–H and O–H groups in total. The monoisotopic (exact) mass is 458 g/mol. The Bertz CT molecular complexity index is 1170. The normalized spacial score (nSPS) is 10.7. The van der Waals surface area contributed by atoms with Crippen LogP contribution in [-0.4, -0.2) is 28.1 Å². The van der Waals surface area contributed by atoms with Gasteiger partial charge in [0, 0.05) is 42.8 Å². The molecule has 2 aromatic heterocycles. The second-order valence-electron chi connectivity index (χ2n) is 7.71. The van der Waals surface area contributed by atoms with Crippen LogP contribution >= 0.6 is 11.3 Å². The minimum Gasteiger partial charge on any atom is -0.352 e. The number of hydrogen-bond acceptors (Lipinski definition) is 4. The third-order valence-corrected chi connectivity index (χ3v) is 5.99. The summed E-state index contributed by atoms with van der Waals surface area (Å²) >= 11 is 1.49. The summed E-state index contributed by atoms with van der Waals surface area (Å²) in [4.78, 5) is 24.2. The maximum atomic E-state index is 12.3. The van der Waals surface area contributed by atoms with E-state index in [0.29, 0.717) is 31.5 Å². The molecule has 0 unspecified atom stereocenters. The van der Waals surface area contributed by atoms with Gasteiger partial charge < -0.3 is 10.6 Å². The number of nitrogens with zero attached hydrogens (tertiary/aromatic N) is 2. The molecule has 0 atom stereocenters. The van der Waals surface area contributed by atoms with Crippen molar-refractivity contribution in [2.45, 2.75) is 25.9 Å². The number of rotatable bonds is 10. The molecule has 0 spiro atoms. The smallest absolute Gasteiger partial charge is 0.252 e. The van der Waals surface area contributed by atoms with Crippen molar-refractivity contribution in [3.63, 3.8) is 0 Å². The van der Waals surface area contributed by atoms with Gasteiger partial charge in [0.05, 0.1) is 6.54 Å². The van der Waals surface area contributed by atoms with Crippen LogP contribution in [-0.2, 0) is 17.9 Å². The molecule has 0 aliphatic rings. The molecule has 0 fully saturated rings. The molecule has 2 aromatic carbocycles. The van der Waals surface area contributed by atoms with Gasteiger partial charge in [-0.05, 0) is 46.2 Å². The number of nitrogens with one attached hydrogen (secondary N) is 2. The Hall–Kier alpha value is -3.71. The van der Waals surface area contributed by atoms with Crippen LogP contribution in [0.4, 0.5) is 0 Å². The largest absolute Gasteiger partial charge is 0.352 e. The number of aromatic nitrogens is 2. The molecule has 0 aliphatic heterocycles. The third kappa shape index (κ3) is 6.40. The Kier molecular flexibility index (Phi) is 7.66. The van der Waals surface area contributed by atoms with E-state index in [4.69, 9.17) is 0 Å². The number of carbonyl (C=O) groups is 2. The Labute approximate surface area is 197 Å². The van der Waals surface area contributed by atoms with Crippen LogP contribution in [0.5, 0.6) is 0 Å². The SMILES string of the molecule is O=C(CCCNC(=O)c1ccsc1)NCc1ccccc1-c1ccc(Cn2cccn2)cc1. The minimum atomic E-state index is -0.0961. The second-order valence-corrected chi connectivity index (χ2v) is 8.49.